The zero-order chi connectivity index (χ0) is 30.4. The number of allylic oxidation sites excluding steroid dienone is 5. The Balaban J connectivity index is 1.62. The van der Waals surface area contributed by atoms with Crippen LogP contribution >= 0.6 is 0 Å². The third-order valence-electron chi connectivity index (χ3n) is 13.4. The van der Waals surface area contributed by atoms with E-state index in [9.17, 15) is 14.4 Å². The highest BCUT2D eigenvalue weighted by atomic mass is 16.1. The fraction of sp³-hybridized carbons (Fsp3) is 0.730. The Morgan fingerprint density at radius 2 is 1.66 bits per heavy atom. The zero-order valence-electron chi connectivity index (χ0n) is 26.8. The van der Waals surface area contributed by atoms with Gasteiger partial charge in [-0.1, -0.05) is 65.7 Å². The number of carbonyl (C=O) groups is 3. The van der Waals surface area contributed by atoms with Crippen LogP contribution in [0.2, 0.25) is 0 Å². The molecule has 0 saturated heterocycles. The predicted molar refractivity (Wildman–Crippen MR) is 164 cm³/mol. The van der Waals surface area contributed by atoms with E-state index in [1.807, 2.05) is 32.9 Å². The van der Waals surface area contributed by atoms with Crippen LogP contribution in [0.25, 0.3) is 4.85 Å². The van der Waals surface area contributed by atoms with Gasteiger partial charge in [0.2, 0.25) is 5.70 Å². The molecule has 0 spiro atoms. The second kappa shape index (κ2) is 9.36. The van der Waals surface area contributed by atoms with Crippen molar-refractivity contribution >= 4 is 17.3 Å². The number of carbonyl (C=O) groups excluding carboxylic acids is 3. The quantitative estimate of drug-likeness (QED) is 0.251. The summed E-state index contributed by atoms with van der Waals surface area (Å²) in [6, 6.07) is 0. The summed E-state index contributed by atoms with van der Waals surface area (Å²) in [5.74, 6) is 0.615. The van der Waals surface area contributed by atoms with Crippen molar-refractivity contribution in [3.05, 3.63) is 47.0 Å². The molecule has 0 bridgehead atoms. The second-order valence-corrected chi connectivity index (χ2v) is 16.8. The first-order chi connectivity index (χ1) is 18.9. The van der Waals surface area contributed by atoms with Gasteiger partial charge >= 0.3 is 0 Å². The maximum absolute atomic E-state index is 14.6. The standard InChI is InChI=1S/C37H51NO3/c1-23(2)11-12-24(39)20-37-17-15-32(3,4)21-25(37)30-27(40)19-29-34(7)22-26(38-10)31(41)33(5,6)28(34)13-14-35(29,8)36(30,9)16-18-37/h19,22,25,28,30H,1,11-18,20-21H2,2-9H3/t25?,28-,30?,34-,35+,36+,37?/m0/s1. The van der Waals surface area contributed by atoms with Crippen LogP contribution in [-0.2, 0) is 14.4 Å². The molecule has 3 unspecified atom stereocenters. The largest absolute Gasteiger partial charge is 0.307 e. The van der Waals surface area contributed by atoms with Crippen molar-refractivity contribution in [3.63, 3.8) is 0 Å². The van der Waals surface area contributed by atoms with E-state index in [1.54, 1.807) is 0 Å². The van der Waals surface area contributed by atoms with Crippen molar-refractivity contribution in [2.24, 2.45) is 50.2 Å². The Labute approximate surface area is 248 Å². The van der Waals surface area contributed by atoms with Gasteiger partial charge in [0.05, 0.1) is 6.57 Å². The molecule has 0 aliphatic heterocycles. The number of Topliss-reactive ketones (excluding diaryl/α,β-unsaturated/α-hetero) is 2. The lowest BCUT2D eigenvalue weighted by Gasteiger charge is -2.69. The maximum Gasteiger partial charge on any atom is 0.226 e. The number of hydrogen-bond acceptors (Lipinski definition) is 3. The predicted octanol–water partition coefficient (Wildman–Crippen LogP) is 8.87. The van der Waals surface area contributed by atoms with Crippen molar-refractivity contribution in [3.8, 4) is 0 Å². The van der Waals surface area contributed by atoms with Gasteiger partial charge in [-0.2, -0.15) is 0 Å². The van der Waals surface area contributed by atoms with E-state index in [4.69, 9.17) is 6.57 Å². The normalized spacial score (nSPS) is 42.4. The van der Waals surface area contributed by atoms with Crippen LogP contribution in [0.1, 0.15) is 120 Å². The fourth-order valence-electron chi connectivity index (χ4n) is 10.8. The Bertz CT molecular complexity index is 1320. The Hall–Kier alpha value is -2.28. The smallest absolute Gasteiger partial charge is 0.226 e. The van der Waals surface area contributed by atoms with Gasteiger partial charge in [0.15, 0.2) is 11.6 Å². The molecule has 0 heterocycles. The summed E-state index contributed by atoms with van der Waals surface area (Å²) >= 11 is 0. The average Bonchev–Trinajstić information content (AvgIpc) is 2.87. The second-order valence-electron chi connectivity index (χ2n) is 16.8. The summed E-state index contributed by atoms with van der Waals surface area (Å²) in [6.07, 6.45) is 12.6. The third kappa shape index (κ3) is 4.23. The lowest BCUT2D eigenvalue weighted by atomic mass is 9.34. The van der Waals surface area contributed by atoms with Crippen LogP contribution < -0.4 is 0 Å². The van der Waals surface area contributed by atoms with E-state index in [2.05, 4.69) is 46.0 Å². The number of hydrogen-bond donors (Lipinski definition) is 0. The highest BCUT2D eigenvalue weighted by molar-refractivity contribution is 6.03. The molecule has 5 aliphatic carbocycles. The summed E-state index contributed by atoms with van der Waals surface area (Å²) in [5, 5.41) is 0. The van der Waals surface area contributed by atoms with Crippen molar-refractivity contribution in [1.82, 2.24) is 0 Å². The molecule has 7 atom stereocenters. The van der Waals surface area contributed by atoms with Gasteiger partial charge in [0.25, 0.3) is 0 Å². The minimum absolute atomic E-state index is 0.0579. The molecule has 0 radical (unpaired) electrons. The van der Waals surface area contributed by atoms with Gasteiger partial charge in [-0.15, -0.1) is 6.58 Å². The molecule has 41 heavy (non-hydrogen) atoms. The Kier molecular flexibility index (Phi) is 6.89. The van der Waals surface area contributed by atoms with Crippen LogP contribution in [0.5, 0.6) is 0 Å². The van der Waals surface area contributed by atoms with Crippen molar-refractivity contribution in [2.75, 3.05) is 0 Å². The molecule has 4 nitrogen and oxygen atoms in total. The SMILES string of the molecule is [C-]#[N+]C1=C[C@]2(C)C3=CC(=O)C4C5CC(C)(C)CCC5(CC(=O)CCC(=C)C)CC[C@@]4(C)[C@]3(C)CC[C@H]2C(C)(C)C1=O. The van der Waals surface area contributed by atoms with E-state index in [1.165, 1.54) is 0 Å². The van der Waals surface area contributed by atoms with Crippen LogP contribution in [0.3, 0.4) is 0 Å². The lowest BCUT2D eigenvalue weighted by molar-refractivity contribution is -0.174. The first kappa shape index (κ1) is 30.2. The van der Waals surface area contributed by atoms with Crippen molar-refractivity contribution < 1.29 is 14.4 Å². The first-order valence-corrected chi connectivity index (χ1v) is 15.9. The van der Waals surface area contributed by atoms with Gasteiger partial charge in [-0.05, 0) is 97.9 Å². The van der Waals surface area contributed by atoms with Crippen LogP contribution in [0.15, 0.2) is 35.6 Å². The molecule has 0 amide bonds. The minimum Gasteiger partial charge on any atom is -0.307 e. The maximum atomic E-state index is 14.6. The average molecular weight is 558 g/mol. The number of rotatable bonds is 5. The van der Waals surface area contributed by atoms with Crippen LogP contribution in [-0.4, -0.2) is 17.3 Å². The van der Waals surface area contributed by atoms with Gasteiger partial charge in [0, 0.05) is 29.6 Å². The van der Waals surface area contributed by atoms with E-state index >= 15 is 0 Å². The summed E-state index contributed by atoms with van der Waals surface area (Å²) in [5.41, 5.74) is 0.850. The summed E-state index contributed by atoms with van der Waals surface area (Å²) in [6.45, 7) is 29.4. The Morgan fingerprint density at radius 3 is 2.29 bits per heavy atom. The lowest BCUT2D eigenvalue weighted by Crippen LogP contribution is -2.65. The van der Waals surface area contributed by atoms with Crippen LogP contribution in [0.4, 0.5) is 0 Å². The first-order valence-electron chi connectivity index (χ1n) is 15.9. The van der Waals surface area contributed by atoms with Gasteiger partial charge < -0.3 is 4.79 Å². The summed E-state index contributed by atoms with van der Waals surface area (Å²) in [4.78, 5) is 45.0. The molecule has 0 aromatic heterocycles. The molecule has 5 aliphatic rings. The molecule has 3 saturated carbocycles. The summed E-state index contributed by atoms with van der Waals surface area (Å²) < 4.78 is 0. The number of ketones is 3. The van der Waals surface area contributed by atoms with Gasteiger partial charge in [-0.3, -0.25) is 9.59 Å². The molecule has 0 aromatic rings. The Morgan fingerprint density at radius 1 is 1.00 bits per heavy atom. The van der Waals surface area contributed by atoms with E-state index in [0.29, 0.717) is 18.6 Å². The van der Waals surface area contributed by atoms with E-state index in [0.717, 1.165) is 62.5 Å². The zero-order valence-corrected chi connectivity index (χ0v) is 26.8. The van der Waals surface area contributed by atoms with E-state index in [-0.39, 0.29) is 56.7 Å². The number of fused-ring (bicyclic) bond motifs is 7. The van der Waals surface area contributed by atoms with Gasteiger partial charge in [-0.25, -0.2) is 4.85 Å². The third-order valence-corrected chi connectivity index (χ3v) is 13.4. The minimum atomic E-state index is -0.647. The van der Waals surface area contributed by atoms with E-state index < -0.39 is 10.8 Å². The highest BCUT2D eigenvalue weighted by Crippen LogP contribution is 2.75. The molecule has 5 rings (SSSR count). The molecular formula is C37H51NO3. The van der Waals surface area contributed by atoms with Crippen molar-refractivity contribution in [1.29, 1.82) is 0 Å². The fourth-order valence-corrected chi connectivity index (χ4v) is 10.8. The molecule has 0 aromatic carbocycles. The monoisotopic (exact) mass is 557 g/mol. The molecule has 4 heteroatoms. The van der Waals surface area contributed by atoms with Crippen LogP contribution in [0, 0.1) is 56.8 Å². The number of nitrogens with zero attached hydrogens (tertiary/aromatic N) is 1. The topological polar surface area (TPSA) is 55.6 Å². The molecule has 3 fully saturated rings. The van der Waals surface area contributed by atoms with Gasteiger partial charge in [0.1, 0.15) is 5.78 Å². The highest BCUT2D eigenvalue weighted by Gasteiger charge is 2.69. The van der Waals surface area contributed by atoms with Crippen molar-refractivity contribution in [2.45, 2.75) is 120 Å². The molecular weight excluding hydrogens is 506 g/mol. The molecule has 0 N–H and O–H groups in total. The summed E-state index contributed by atoms with van der Waals surface area (Å²) in [7, 11) is 0. The molecule has 222 valence electrons.